The topological polar surface area (TPSA) is 67.1 Å². The van der Waals surface area contributed by atoms with Crippen LogP contribution in [0.4, 0.5) is 0 Å². The van der Waals surface area contributed by atoms with Gasteiger partial charge in [0.2, 0.25) is 0 Å². The van der Waals surface area contributed by atoms with Crippen LogP contribution >= 0.6 is 0 Å². The molecule has 1 heterocycles. The van der Waals surface area contributed by atoms with Crippen LogP contribution in [0.15, 0.2) is 35.6 Å². The van der Waals surface area contributed by atoms with Gasteiger partial charge in [0.1, 0.15) is 6.33 Å². The molecule has 0 fully saturated rings. The Morgan fingerprint density at radius 2 is 1.92 bits per heavy atom. The quantitative estimate of drug-likeness (QED) is 0.600. The molecular formula is C19H30N6. The lowest BCUT2D eigenvalue weighted by Crippen LogP contribution is -2.38. The molecule has 2 N–H and O–H groups in total. The van der Waals surface area contributed by atoms with Gasteiger partial charge < -0.3 is 15.2 Å². The van der Waals surface area contributed by atoms with Crippen molar-refractivity contribution in [3.05, 3.63) is 47.5 Å². The minimum absolute atomic E-state index is 0.170. The Kier molecular flexibility index (Phi) is 6.98. The number of hydrogen-bond acceptors (Lipinski definition) is 3. The number of aliphatic imine (C=N–C) groups is 1. The summed E-state index contributed by atoms with van der Waals surface area (Å²) in [5, 5.41) is 14.8. The highest BCUT2D eigenvalue weighted by atomic mass is 15.3. The molecule has 0 aliphatic heterocycles. The Bertz CT molecular complexity index is 671. The van der Waals surface area contributed by atoms with Crippen molar-refractivity contribution in [1.29, 1.82) is 0 Å². The SMILES string of the molecule is CCn1cnnc1CNC(=NC)NC(C)c1ccc(CC(C)C)cc1. The highest BCUT2D eigenvalue weighted by molar-refractivity contribution is 5.80. The van der Waals surface area contributed by atoms with Crippen LogP contribution in [0.3, 0.4) is 0 Å². The van der Waals surface area contributed by atoms with Crippen LogP contribution in [0.2, 0.25) is 0 Å². The van der Waals surface area contributed by atoms with E-state index in [-0.39, 0.29) is 6.04 Å². The molecule has 0 spiro atoms. The van der Waals surface area contributed by atoms with E-state index in [1.807, 2.05) is 4.57 Å². The van der Waals surface area contributed by atoms with Crippen LogP contribution in [0.5, 0.6) is 0 Å². The number of nitrogens with one attached hydrogen (secondary N) is 2. The summed E-state index contributed by atoms with van der Waals surface area (Å²) in [6, 6.07) is 8.98. The van der Waals surface area contributed by atoms with Gasteiger partial charge in [-0.05, 0) is 37.3 Å². The van der Waals surface area contributed by atoms with E-state index >= 15 is 0 Å². The average molecular weight is 342 g/mol. The van der Waals surface area contributed by atoms with E-state index < -0.39 is 0 Å². The zero-order valence-corrected chi connectivity index (χ0v) is 16.0. The molecule has 136 valence electrons. The molecule has 1 unspecified atom stereocenters. The number of hydrogen-bond donors (Lipinski definition) is 2. The van der Waals surface area contributed by atoms with E-state index in [4.69, 9.17) is 0 Å². The molecule has 0 radical (unpaired) electrons. The predicted molar refractivity (Wildman–Crippen MR) is 102 cm³/mol. The molecule has 0 saturated carbocycles. The maximum absolute atomic E-state index is 4.30. The van der Waals surface area contributed by atoms with Crippen molar-refractivity contribution in [3.8, 4) is 0 Å². The number of guanidine groups is 1. The summed E-state index contributed by atoms with van der Waals surface area (Å²) in [5.74, 6) is 2.33. The number of nitrogens with zero attached hydrogens (tertiary/aromatic N) is 4. The van der Waals surface area contributed by atoms with Gasteiger partial charge in [-0.25, -0.2) is 0 Å². The summed E-state index contributed by atoms with van der Waals surface area (Å²) in [6.07, 6.45) is 2.86. The van der Waals surface area contributed by atoms with Gasteiger partial charge in [-0.2, -0.15) is 0 Å². The third kappa shape index (κ3) is 5.59. The second kappa shape index (κ2) is 9.20. The smallest absolute Gasteiger partial charge is 0.191 e. The third-order valence-corrected chi connectivity index (χ3v) is 4.15. The van der Waals surface area contributed by atoms with Gasteiger partial charge >= 0.3 is 0 Å². The number of aryl methyl sites for hydroxylation is 1. The molecule has 0 saturated heterocycles. The number of benzene rings is 1. The van der Waals surface area contributed by atoms with Crippen molar-refractivity contribution in [1.82, 2.24) is 25.4 Å². The second-order valence-corrected chi connectivity index (χ2v) is 6.66. The van der Waals surface area contributed by atoms with Gasteiger partial charge in [-0.1, -0.05) is 38.1 Å². The molecule has 0 aliphatic carbocycles. The summed E-state index contributed by atoms with van der Waals surface area (Å²) in [5.41, 5.74) is 2.62. The first kappa shape index (κ1) is 19.0. The van der Waals surface area contributed by atoms with Crippen molar-refractivity contribution in [2.45, 2.75) is 53.2 Å². The third-order valence-electron chi connectivity index (χ3n) is 4.15. The Morgan fingerprint density at radius 1 is 1.20 bits per heavy atom. The van der Waals surface area contributed by atoms with Gasteiger partial charge in [0.25, 0.3) is 0 Å². The maximum Gasteiger partial charge on any atom is 0.191 e. The van der Waals surface area contributed by atoms with Gasteiger partial charge in [-0.15, -0.1) is 10.2 Å². The molecule has 6 nitrogen and oxygen atoms in total. The first-order valence-corrected chi connectivity index (χ1v) is 8.96. The Morgan fingerprint density at radius 3 is 2.52 bits per heavy atom. The predicted octanol–water partition coefficient (Wildman–Crippen LogP) is 2.92. The molecule has 1 atom stereocenters. The summed E-state index contributed by atoms with van der Waals surface area (Å²) >= 11 is 0. The van der Waals surface area contributed by atoms with Crippen molar-refractivity contribution in [3.63, 3.8) is 0 Å². The van der Waals surface area contributed by atoms with Crippen LogP contribution in [-0.2, 0) is 19.5 Å². The normalized spacial score (nSPS) is 13.1. The highest BCUT2D eigenvalue weighted by Gasteiger charge is 2.09. The lowest BCUT2D eigenvalue weighted by Gasteiger charge is -2.18. The zero-order chi connectivity index (χ0) is 18.2. The minimum atomic E-state index is 0.170. The van der Waals surface area contributed by atoms with Crippen molar-refractivity contribution in [2.75, 3.05) is 7.05 Å². The van der Waals surface area contributed by atoms with Crippen molar-refractivity contribution < 1.29 is 0 Å². The standard InChI is InChI=1S/C19H30N6/c1-6-25-13-22-24-18(25)12-21-19(20-5)23-15(4)17-9-7-16(8-10-17)11-14(2)3/h7-10,13-15H,6,11-12H2,1-5H3,(H2,20,21,23). The molecule has 0 amide bonds. The molecule has 1 aromatic carbocycles. The molecule has 25 heavy (non-hydrogen) atoms. The van der Waals surface area contributed by atoms with Crippen molar-refractivity contribution >= 4 is 5.96 Å². The summed E-state index contributed by atoms with van der Waals surface area (Å²) in [7, 11) is 1.78. The van der Waals surface area contributed by atoms with Crippen LogP contribution in [0.25, 0.3) is 0 Å². The lowest BCUT2D eigenvalue weighted by molar-refractivity contribution is 0.642. The van der Waals surface area contributed by atoms with Gasteiger partial charge in [-0.3, -0.25) is 4.99 Å². The first-order chi connectivity index (χ1) is 12.0. The van der Waals surface area contributed by atoms with Crippen LogP contribution < -0.4 is 10.6 Å². The van der Waals surface area contributed by atoms with Crippen LogP contribution in [0.1, 0.15) is 50.7 Å². The number of aromatic nitrogens is 3. The average Bonchev–Trinajstić information content (AvgIpc) is 3.06. The summed E-state index contributed by atoms with van der Waals surface area (Å²) in [4.78, 5) is 4.30. The van der Waals surface area contributed by atoms with Gasteiger partial charge in [0.15, 0.2) is 11.8 Å². The molecule has 0 bridgehead atoms. The van der Waals surface area contributed by atoms with Crippen LogP contribution in [-0.4, -0.2) is 27.8 Å². The van der Waals surface area contributed by atoms with Crippen LogP contribution in [0, 0.1) is 5.92 Å². The molecule has 0 aliphatic rings. The van der Waals surface area contributed by atoms with E-state index in [0.29, 0.717) is 12.5 Å². The summed E-state index contributed by atoms with van der Waals surface area (Å²) in [6.45, 7) is 10.1. The maximum atomic E-state index is 4.30. The van der Waals surface area contributed by atoms with E-state index in [1.165, 1.54) is 11.1 Å². The molecule has 2 rings (SSSR count). The fourth-order valence-electron chi connectivity index (χ4n) is 2.74. The fourth-order valence-corrected chi connectivity index (χ4v) is 2.74. The highest BCUT2D eigenvalue weighted by Crippen LogP contribution is 2.15. The fraction of sp³-hybridized carbons (Fsp3) is 0.526. The molecule has 6 heteroatoms. The van der Waals surface area contributed by atoms with E-state index in [1.54, 1.807) is 13.4 Å². The monoisotopic (exact) mass is 342 g/mol. The number of rotatable bonds is 7. The summed E-state index contributed by atoms with van der Waals surface area (Å²) < 4.78 is 2.01. The largest absolute Gasteiger partial charge is 0.350 e. The minimum Gasteiger partial charge on any atom is -0.350 e. The second-order valence-electron chi connectivity index (χ2n) is 6.66. The Labute approximate surface area is 150 Å². The molecule has 1 aromatic heterocycles. The zero-order valence-electron chi connectivity index (χ0n) is 16.0. The van der Waals surface area contributed by atoms with E-state index in [0.717, 1.165) is 24.7 Å². The Balaban J connectivity index is 1.92. The first-order valence-electron chi connectivity index (χ1n) is 8.96. The van der Waals surface area contributed by atoms with E-state index in [2.05, 4.69) is 77.8 Å². The lowest BCUT2D eigenvalue weighted by atomic mass is 10.00. The van der Waals surface area contributed by atoms with Crippen molar-refractivity contribution in [2.24, 2.45) is 10.9 Å². The van der Waals surface area contributed by atoms with Gasteiger partial charge in [0.05, 0.1) is 12.6 Å². The van der Waals surface area contributed by atoms with E-state index in [9.17, 15) is 0 Å². The molecular weight excluding hydrogens is 312 g/mol. The van der Waals surface area contributed by atoms with Gasteiger partial charge in [0, 0.05) is 13.6 Å². The Hall–Kier alpha value is -2.37. The molecule has 2 aromatic rings.